The predicted molar refractivity (Wildman–Crippen MR) is 35.1 cm³/mol. The average molecular weight is 202 g/mol. The van der Waals surface area contributed by atoms with E-state index in [4.69, 9.17) is 10.2 Å². The van der Waals surface area contributed by atoms with Gasteiger partial charge in [0, 0.05) is 0 Å². The van der Waals surface area contributed by atoms with Crippen molar-refractivity contribution in [3.8, 4) is 0 Å². The summed E-state index contributed by atoms with van der Waals surface area (Å²) in [6, 6.07) is 0. The van der Waals surface area contributed by atoms with Crippen LogP contribution < -0.4 is 0 Å². The summed E-state index contributed by atoms with van der Waals surface area (Å²) >= 11 is 0. The Kier molecular flexibility index (Phi) is 4.15. The van der Waals surface area contributed by atoms with E-state index in [1.54, 1.807) is 0 Å². The Morgan fingerprint density at radius 1 is 1.54 bits per heavy atom. The van der Waals surface area contributed by atoms with E-state index in [-0.39, 0.29) is 0 Å². The molecule has 0 radical (unpaired) electrons. The largest absolute Gasteiger partial charge is 0.479 e. The molecule has 7 heteroatoms. The highest BCUT2D eigenvalue weighted by Gasteiger charge is 2.38. The van der Waals surface area contributed by atoms with Crippen LogP contribution in [0.25, 0.3) is 0 Å². The second-order valence-electron chi connectivity index (χ2n) is 2.37. The van der Waals surface area contributed by atoms with Gasteiger partial charge in [-0.2, -0.15) is 13.2 Å². The first-order valence-corrected chi connectivity index (χ1v) is 3.34. The lowest BCUT2D eigenvalue weighted by molar-refractivity contribution is -0.221. The SMILES string of the molecule is C[C@@H](OCC(O)C(F)(F)F)C(=O)O. The van der Waals surface area contributed by atoms with Crippen molar-refractivity contribution in [3.63, 3.8) is 0 Å². The van der Waals surface area contributed by atoms with Gasteiger partial charge in [-0.15, -0.1) is 0 Å². The molecule has 0 aromatic rings. The number of alkyl halides is 3. The molecule has 0 aromatic heterocycles. The maximum absolute atomic E-state index is 11.6. The highest BCUT2D eigenvalue weighted by molar-refractivity contribution is 5.71. The van der Waals surface area contributed by atoms with Crippen LogP contribution in [0.15, 0.2) is 0 Å². The number of ether oxygens (including phenoxy) is 1. The van der Waals surface area contributed by atoms with Crippen LogP contribution in [-0.4, -0.2) is 41.2 Å². The molecule has 0 fully saturated rings. The molecule has 0 aliphatic carbocycles. The number of carboxylic acid groups (broad SMARTS) is 1. The van der Waals surface area contributed by atoms with Crippen LogP contribution in [0.1, 0.15) is 6.92 Å². The van der Waals surface area contributed by atoms with Gasteiger partial charge in [0.2, 0.25) is 0 Å². The summed E-state index contributed by atoms with van der Waals surface area (Å²) in [7, 11) is 0. The second-order valence-corrected chi connectivity index (χ2v) is 2.37. The molecule has 4 nitrogen and oxygen atoms in total. The summed E-state index contributed by atoms with van der Waals surface area (Å²) in [5, 5.41) is 16.6. The van der Waals surface area contributed by atoms with Crippen LogP contribution in [0.4, 0.5) is 13.2 Å². The van der Waals surface area contributed by atoms with Crippen LogP contribution in [-0.2, 0) is 9.53 Å². The van der Waals surface area contributed by atoms with Crippen molar-refractivity contribution in [3.05, 3.63) is 0 Å². The second kappa shape index (κ2) is 4.43. The lowest BCUT2D eigenvalue weighted by atomic mass is 10.3. The van der Waals surface area contributed by atoms with Crippen LogP contribution in [0.3, 0.4) is 0 Å². The lowest BCUT2D eigenvalue weighted by Gasteiger charge is -2.15. The Bertz CT molecular complexity index is 179. The van der Waals surface area contributed by atoms with Crippen molar-refractivity contribution in [2.75, 3.05) is 6.61 Å². The Balaban J connectivity index is 3.83. The van der Waals surface area contributed by atoms with Crippen molar-refractivity contribution in [2.24, 2.45) is 0 Å². The first-order valence-electron chi connectivity index (χ1n) is 3.34. The quantitative estimate of drug-likeness (QED) is 0.692. The van der Waals surface area contributed by atoms with Gasteiger partial charge in [0.15, 0.2) is 12.2 Å². The Morgan fingerprint density at radius 2 is 2.00 bits per heavy atom. The Labute approximate surface area is 71.9 Å². The summed E-state index contributed by atoms with van der Waals surface area (Å²) < 4.78 is 39.1. The number of carbonyl (C=O) groups is 1. The first kappa shape index (κ1) is 12.2. The summed E-state index contributed by atoms with van der Waals surface area (Å²) in [4.78, 5) is 10.1. The van der Waals surface area contributed by atoms with Gasteiger partial charge in [0.05, 0.1) is 6.61 Å². The molecule has 0 heterocycles. The first-order chi connectivity index (χ1) is 5.75. The number of hydrogen-bond donors (Lipinski definition) is 2. The van der Waals surface area contributed by atoms with Crippen LogP contribution >= 0.6 is 0 Å². The van der Waals surface area contributed by atoms with Gasteiger partial charge in [-0.3, -0.25) is 0 Å². The van der Waals surface area contributed by atoms with Crippen LogP contribution in [0, 0.1) is 0 Å². The average Bonchev–Trinajstić information content (AvgIpc) is 1.97. The third kappa shape index (κ3) is 4.69. The molecular weight excluding hydrogens is 193 g/mol. The predicted octanol–water partition coefficient (Wildman–Crippen LogP) is 0.399. The molecule has 0 aliphatic rings. The summed E-state index contributed by atoms with van der Waals surface area (Å²) in [5.41, 5.74) is 0. The zero-order valence-corrected chi connectivity index (χ0v) is 6.71. The fourth-order valence-corrected chi connectivity index (χ4v) is 0.401. The summed E-state index contributed by atoms with van der Waals surface area (Å²) in [6.07, 6.45) is -8.79. The van der Waals surface area contributed by atoms with E-state index in [1.165, 1.54) is 0 Å². The minimum Gasteiger partial charge on any atom is -0.479 e. The zero-order chi connectivity index (χ0) is 10.6. The van der Waals surface area contributed by atoms with Gasteiger partial charge in [-0.25, -0.2) is 4.79 Å². The van der Waals surface area contributed by atoms with E-state index < -0.39 is 31.0 Å². The highest BCUT2D eigenvalue weighted by atomic mass is 19.4. The smallest absolute Gasteiger partial charge is 0.416 e. The van der Waals surface area contributed by atoms with E-state index in [9.17, 15) is 18.0 Å². The molecule has 13 heavy (non-hydrogen) atoms. The third-order valence-electron chi connectivity index (χ3n) is 1.23. The topological polar surface area (TPSA) is 66.8 Å². The minimum absolute atomic E-state index is 1.07. The van der Waals surface area contributed by atoms with Gasteiger partial charge in [0.1, 0.15) is 0 Å². The summed E-state index contributed by atoms with van der Waals surface area (Å²) in [5.74, 6) is -1.38. The fourth-order valence-electron chi connectivity index (χ4n) is 0.401. The number of aliphatic hydroxyl groups excluding tert-OH is 1. The molecule has 0 bridgehead atoms. The molecule has 0 aromatic carbocycles. The molecule has 1 unspecified atom stereocenters. The fraction of sp³-hybridized carbons (Fsp3) is 0.833. The zero-order valence-electron chi connectivity index (χ0n) is 6.71. The van der Waals surface area contributed by atoms with E-state index >= 15 is 0 Å². The van der Waals surface area contributed by atoms with Crippen molar-refractivity contribution in [1.82, 2.24) is 0 Å². The van der Waals surface area contributed by atoms with Gasteiger partial charge < -0.3 is 14.9 Å². The lowest BCUT2D eigenvalue weighted by Crippen LogP contribution is -2.35. The van der Waals surface area contributed by atoms with E-state index in [1.807, 2.05) is 0 Å². The number of rotatable bonds is 4. The molecular formula is C6H9F3O4. The van der Waals surface area contributed by atoms with E-state index in [2.05, 4.69) is 4.74 Å². The van der Waals surface area contributed by atoms with Gasteiger partial charge >= 0.3 is 12.1 Å². The van der Waals surface area contributed by atoms with Gasteiger partial charge in [-0.1, -0.05) is 0 Å². The molecule has 0 saturated carbocycles. The minimum atomic E-state index is -4.78. The van der Waals surface area contributed by atoms with Gasteiger partial charge in [-0.05, 0) is 6.92 Å². The maximum atomic E-state index is 11.6. The maximum Gasteiger partial charge on any atom is 0.416 e. The van der Waals surface area contributed by atoms with Crippen molar-refractivity contribution in [2.45, 2.75) is 25.3 Å². The number of aliphatic hydroxyl groups is 1. The number of hydrogen-bond acceptors (Lipinski definition) is 3. The van der Waals surface area contributed by atoms with Gasteiger partial charge in [0.25, 0.3) is 0 Å². The summed E-state index contributed by atoms with van der Waals surface area (Å²) in [6.45, 7) is 0.00238. The standard InChI is InChI=1S/C6H9F3O4/c1-3(5(11)12)13-2-4(10)6(7,8)9/h3-4,10H,2H2,1H3,(H,11,12)/t3-,4?/m1/s1. The molecule has 78 valence electrons. The molecule has 2 N–H and O–H groups in total. The molecule has 2 atom stereocenters. The van der Waals surface area contributed by atoms with Crippen molar-refractivity contribution >= 4 is 5.97 Å². The van der Waals surface area contributed by atoms with E-state index in [0.29, 0.717) is 0 Å². The van der Waals surface area contributed by atoms with Crippen molar-refractivity contribution < 1.29 is 32.9 Å². The Hall–Kier alpha value is -0.820. The number of aliphatic carboxylic acids is 1. The normalized spacial score (nSPS) is 16.7. The number of carboxylic acids is 1. The van der Waals surface area contributed by atoms with E-state index in [0.717, 1.165) is 6.92 Å². The highest BCUT2D eigenvalue weighted by Crippen LogP contribution is 2.20. The monoisotopic (exact) mass is 202 g/mol. The van der Waals surface area contributed by atoms with Crippen LogP contribution in [0.2, 0.25) is 0 Å². The molecule has 0 aliphatic heterocycles. The molecule has 0 saturated heterocycles. The molecule has 0 rings (SSSR count). The third-order valence-corrected chi connectivity index (χ3v) is 1.23. The Morgan fingerprint density at radius 3 is 2.31 bits per heavy atom. The molecule has 0 spiro atoms. The number of halogens is 3. The molecule has 0 amide bonds. The van der Waals surface area contributed by atoms with Crippen LogP contribution in [0.5, 0.6) is 0 Å². The van der Waals surface area contributed by atoms with Crippen molar-refractivity contribution in [1.29, 1.82) is 0 Å².